The number of rotatable bonds is 7. The van der Waals surface area contributed by atoms with Crippen LogP contribution in [-0.4, -0.2) is 6.54 Å². The van der Waals surface area contributed by atoms with Gasteiger partial charge in [0.1, 0.15) is 0 Å². The lowest BCUT2D eigenvalue weighted by Crippen LogP contribution is -2.43. The maximum absolute atomic E-state index is 4.29. The van der Waals surface area contributed by atoms with Gasteiger partial charge in [-0.15, -0.1) is 0 Å². The molecule has 1 aromatic carbocycles. The average molecular weight is 378 g/mol. The van der Waals surface area contributed by atoms with Gasteiger partial charge in [0.15, 0.2) is 0 Å². The van der Waals surface area contributed by atoms with Crippen molar-refractivity contribution < 1.29 is 0 Å². The molecule has 0 aliphatic heterocycles. The highest BCUT2D eigenvalue weighted by Gasteiger charge is 2.48. The SMILES string of the molecule is C=C(Cc1ccc(C2C3CC4CC(C3)CC2C4)cc1)NCCC1CCCCC1. The molecule has 1 aromatic rings. The van der Waals surface area contributed by atoms with Crippen LogP contribution >= 0.6 is 0 Å². The standard InChI is InChI=1S/C27H39N/c1-19(28-12-11-20-5-3-2-4-6-20)13-21-7-9-24(10-8-21)27-25-15-22-14-23(17-25)18-26(27)16-22/h7-10,20,22-23,25-28H,1-6,11-18H2. The maximum atomic E-state index is 4.29. The number of allylic oxidation sites excluding steroid dienone is 1. The molecular weight excluding hydrogens is 338 g/mol. The minimum atomic E-state index is 0.860. The van der Waals surface area contributed by atoms with E-state index in [0.29, 0.717) is 0 Å². The van der Waals surface area contributed by atoms with Crippen LogP contribution in [0.1, 0.15) is 87.7 Å². The molecule has 6 rings (SSSR count). The van der Waals surface area contributed by atoms with E-state index in [4.69, 9.17) is 0 Å². The summed E-state index contributed by atoms with van der Waals surface area (Å²) in [5.74, 6) is 5.92. The lowest BCUT2D eigenvalue weighted by molar-refractivity contribution is -0.00278. The molecule has 1 nitrogen and oxygen atoms in total. The molecular formula is C27H39N. The van der Waals surface area contributed by atoms with Crippen molar-refractivity contribution in [3.8, 4) is 0 Å². The van der Waals surface area contributed by atoms with Crippen molar-refractivity contribution in [3.63, 3.8) is 0 Å². The zero-order chi connectivity index (χ0) is 18.9. The molecule has 0 aromatic heterocycles. The Balaban J connectivity index is 1.12. The van der Waals surface area contributed by atoms with E-state index in [9.17, 15) is 0 Å². The Morgan fingerprint density at radius 2 is 1.50 bits per heavy atom. The summed E-state index contributed by atoms with van der Waals surface area (Å²) in [6, 6.07) is 9.68. The molecule has 28 heavy (non-hydrogen) atoms. The van der Waals surface area contributed by atoms with Gasteiger partial charge in [0, 0.05) is 18.7 Å². The molecule has 152 valence electrons. The van der Waals surface area contributed by atoms with E-state index < -0.39 is 0 Å². The Kier molecular flexibility index (Phi) is 5.53. The minimum absolute atomic E-state index is 0.860. The number of benzene rings is 1. The fourth-order valence-electron chi connectivity index (χ4n) is 7.56. The van der Waals surface area contributed by atoms with Crippen LogP contribution < -0.4 is 5.32 Å². The van der Waals surface area contributed by atoms with Gasteiger partial charge < -0.3 is 5.32 Å². The number of nitrogens with one attached hydrogen (secondary N) is 1. The number of hydrogen-bond donors (Lipinski definition) is 1. The highest BCUT2D eigenvalue weighted by atomic mass is 14.9. The lowest BCUT2D eigenvalue weighted by Gasteiger charge is -2.54. The van der Waals surface area contributed by atoms with Crippen molar-refractivity contribution in [3.05, 3.63) is 47.7 Å². The second-order valence-corrected chi connectivity index (χ2v) is 10.7. The molecule has 5 saturated carbocycles. The summed E-state index contributed by atoms with van der Waals surface area (Å²) in [5, 5.41) is 3.60. The average Bonchev–Trinajstić information content (AvgIpc) is 2.69. The summed E-state index contributed by atoms with van der Waals surface area (Å²) in [4.78, 5) is 0. The summed E-state index contributed by atoms with van der Waals surface area (Å²) in [6.45, 7) is 5.40. The Morgan fingerprint density at radius 1 is 0.857 bits per heavy atom. The van der Waals surface area contributed by atoms with Crippen LogP contribution in [0.25, 0.3) is 0 Å². The third kappa shape index (κ3) is 4.05. The second kappa shape index (κ2) is 8.25. The molecule has 0 heterocycles. The van der Waals surface area contributed by atoms with E-state index in [1.54, 1.807) is 12.0 Å². The van der Waals surface area contributed by atoms with Crippen LogP contribution in [0.15, 0.2) is 36.5 Å². The van der Waals surface area contributed by atoms with Gasteiger partial charge in [-0.25, -0.2) is 0 Å². The molecule has 1 N–H and O–H groups in total. The highest BCUT2D eigenvalue weighted by molar-refractivity contribution is 5.30. The van der Waals surface area contributed by atoms with Crippen LogP contribution in [0.3, 0.4) is 0 Å². The summed E-state index contributed by atoms with van der Waals surface area (Å²) in [5.41, 5.74) is 4.24. The largest absolute Gasteiger partial charge is 0.389 e. The van der Waals surface area contributed by atoms with Crippen LogP contribution in [-0.2, 0) is 6.42 Å². The van der Waals surface area contributed by atoms with Gasteiger partial charge in [0.05, 0.1) is 0 Å². The topological polar surface area (TPSA) is 12.0 Å². The molecule has 5 aliphatic carbocycles. The summed E-state index contributed by atoms with van der Waals surface area (Å²) < 4.78 is 0. The molecule has 0 spiro atoms. The van der Waals surface area contributed by atoms with E-state index in [1.165, 1.54) is 75.5 Å². The third-order valence-corrected chi connectivity index (χ3v) is 8.66. The van der Waals surface area contributed by atoms with Crippen molar-refractivity contribution in [2.45, 2.75) is 83.0 Å². The lowest BCUT2D eigenvalue weighted by atomic mass is 9.51. The van der Waals surface area contributed by atoms with Gasteiger partial charge in [0.25, 0.3) is 0 Å². The first-order valence-corrected chi connectivity index (χ1v) is 12.2. The molecule has 4 bridgehead atoms. The molecule has 5 fully saturated rings. The van der Waals surface area contributed by atoms with Gasteiger partial charge in [-0.3, -0.25) is 0 Å². The Labute approximate surface area is 172 Å². The Bertz CT molecular complexity index is 638. The van der Waals surface area contributed by atoms with Gasteiger partial charge in [-0.05, 0) is 85.2 Å². The number of hydrogen-bond acceptors (Lipinski definition) is 1. The van der Waals surface area contributed by atoms with E-state index in [1.807, 2.05) is 0 Å². The van der Waals surface area contributed by atoms with Crippen molar-refractivity contribution in [1.29, 1.82) is 0 Å². The first-order chi connectivity index (χ1) is 13.7. The van der Waals surface area contributed by atoms with Gasteiger partial charge in [-0.1, -0.05) is 62.9 Å². The van der Waals surface area contributed by atoms with Gasteiger partial charge >= 0.3 is 0 Å². The zero-order valence-electron chi connectivity index (χ0n) is 17.7. The Morgan fingerprint density at radius 3 is 2.14 bits per heavy atom. The summed E-state index contributed by atoms with van der Waals surface area (Å²) >= 11 is 0. The van der Waals surface area contributed by atoms with Crippen LogP contribution in [0.4, 0.5) is 0 Å². The molecule has 5 aliphatic rings. The van der Waals surface area contributed by atoms with Crippen molar-refractivity contribution in [2.24, 2.45) is 29.6 Å². The van der Waals surface area contributed by atoms with Crippen LogP contribution in [0.2, 0.25) is 0 Å². The fraction of sp³-hybridized carbons (Fsp3) is 0.704. The van der Waals surface area contributed by atoms with Crippen molar-refractivity contribution in [2.75, 3.05) is 6.54 Å². The van der Waals surface area contributed by atoms with E-state index in [2.05, 4.69) is 36.2 Å². The zero-order valence-corrected chi connectivity index (χ0v) is 17.7. The maximum Gasteiger partial charge on any atom is 0.0146 e. The first kappa shape index (κ1) is 18.8. The smallest absolute Gasteiger partial charge is 0.0146 e. The van der Waals surface area contributed by atoms with Crippen molar-refractivity contribution >= 4 is 0 Å². The monoisotopic (exact) mass is 377 g/mol. The summed E-state index contributed by atoms with van der Waals surface area (Å²) in [7, 11) is 0. The van der Waals surface area contributed by atoms with Crippen LogP contribution in [0, 0.1) is 29.6 Å². The predicted octanol–water partition coefficient (Wildman–Crippen LogP) is 6.84. The molecule has 0 amide bonds. The summed E-state index contributed by atoms with van der Waals surface area (Å²) in [6.07, 6.45) is 17.1. The molecule has 0 saturated heterocycles. The first-order valence-electron chi connectivity index (χ1n) is 12.2. The van der Waals surface area contributed by atoms with Crippen molar-refractivity contribution in [1.82, 2.24) is 5.32 Å². The van der Waals surface area contributed by atoms with Gasteiger partial charge in [0.2, 0.25) is 0 Å². The quantitative estimate of drug-likeness (QED) is 0.548. The normalized spacial score (nSPS) is 34.5. The molecule has 1 heteroatoms. The third-order valence-electron chi connectivity index (χ3n) is 8.66. The predicted molar refractivity (Wildman–Crippen MR) is 118 cm³/mol. The molecule has 0 radical (unpaired) electrons. The van der Waals surface area contributed by atoms with Gasteiger partial charge in [-0.2, -0.15) is 0 Å². The van der Waals surface area contributed by atoms with E-state index >= 15 is 0 Å². The van der Waals surface area contributed by atoms with Crippen LogP contribution in [0.5, 0.6) is 0 Å². The fourth-order valence-corrected chi connectivity index (χ4v) is 7.56. The van der Waals surface area contributed by atoms with E-state index in [0.717, 1.165) is 48.5 Å². The highest BCUT2D eigenvalue weighted by Crippen LogP contribution is 2.59. The molecule has 0 atom stereocenters. The molecule has 0 unspecified atom stereocenters. The van der Waals surface area contributed by atoms with E-state index in [-0.39, 0.29) is 0 Å². The second-order valence-electron chi connectivity index (χ2n) is 10.7. The minimum Gasteiger partial charge on any atom is -0.389 e. The Hall–Kier alpha value is -1.24.